The number of urea groups is 1. The molecule has 2 aromatic carbocycles. The third-order valence-electron chi connectivity index (χ3n) is 3.63. The predicted octanol–water partition coefficient (Wildman–Crippen LogP) is 2.64. The third kappa shape index (κ3) is 3.77. The maximum Gasteiger partial charge on any atom is 0.319 e. The van der Waals surface area contributed by atoms with E-state index in [-0.39, 0.29) is 18.1 Å². The number of H-pyrrole nitrogens is 1. The van der Waals surface area contributed by atoms with Crippen LogP contribution in [0.2, 0.25) is 0 Å². The average molecular weight is 338 g/mol. The highest BCUT2D eigenvalue weighted by Gasteiger charge is 2.09. The van der Waals surface area contributed by atoms with Crippen LogP contribution < -0.4 is 20.9 Å². The Balaban J connectivity index is 1.71. The quantitative estimate of drug-likeness (QED) is 0.666. The molecule has 25 heavy (non-hydrogen) atoms. The Morgan fingerprint density at radius 2 is 1.84 bits per heavy atom. The molecule has 3 aromatic rings. The summed E-state index contributed by atoms with van der Waals surface area (Å²) in [5.74, 6) is 0.604. The second kappa shape index (κ2) is 7.48. The molecular formula is C18H18N4O3. The highest BCUT2D eigenvalue weighted by atomic mass is 16.5. The largest absolute Gasteiger partial charge is 0.492 e. The van der Waals surface area contributed by atoms with Gasteiger partial charge in [-0.15, -0.1) is 0 Å². The minimum Gasteiger partial charge on any atom is -0.492 e. The first kappa shape index (κ1) is 16.5. The van der Waals surface area contributed by atoms with Gasteiger partial charge in [0.25, 0.3) is 5.56 Å². The van der Waals surface area contributed by atoms with Gasteiger partial charge in [-0.1, -0.05) is 30.3 Å². The molecule has 2 amide bonds. The normalized spacial score (nSPS) is 10.4. The lowest BCUT2D eigenvalue weighted by atomic mass is 10.1. The van der Waals surface area contributed by atoms with E-state index in [4.69, 9.17) is 4.74 Å². The Kier molecular flexibility index (Phi) is 4.94. The zero-order chi connectivity index (χ0) is 17.6. The lowest BCUT2D eigenvalue weighted by Gasteiger charge is -2.12. The van der Waals surface area contributed by atoms with Crippen molar-refractivity contribution in [3.05, 3.63) is 64.6 Å². The van der Waals surface area contributed by atoms with Crippen LogP contribution in [0.25, 0.3) is 10.8 Å². The Bertz CT molecular complexity index is 952. The smallest absolute Gasteiger partial charge is 0.319 e. The number of hydrogen-bond acceptors (Lipinski definition) is 4. The molecule has 0 atom stereocenters. The first-order valence-corrected chi connectivity index (χ1v) is 7.92. The fraction of sp³-hybridized carbons (Fsp3) is 0.167. The number of aromatic nitrogens is 2. The zero-order valence-electron chi connectivity index (χ0n) is 13.7. The molecule has 1 heterocycles. The average Bonchev–Trinajstić information content (AvgIpc) is 2.63. The molecule has 128 valence electrons. The van der Waals surface area contributed by atoms with Crippen molar-refractivity contribution in [3.63, 3.8) is 0 Å². The van der Waals surface area contributed by atoms with Crippen molar-refractivity contribution >= 4 is 22.5 Å². The van der Waals surface area contributed by atoms with Gasteiger partial charge in [0.05, 0.1) is 29.9 Å². The minimum absolute atomic E-state index is 0.180. The number of nitrogens with zero attached hydrogens (tertiary/aromatic N) is 1. The van der Waals surface area contributed by atoms with Crippen LogP contribution in [-0.2, 0) is 6.54 Å². The van der Waals surface area contributed by atoms with Gasteiger partial charge in [-0.25, -0.2) is 9.89 Å². The lowest BCUT2D eigenvalue weighted by Crippen LogP contribution is -2.29. The number of nitrogens with one attached hydrogen (secondary N) is 3. The molecule has 3 rings (SSSR count). The van der Waals surface area contributed by atoms with Gasteiger partial charge in [-0.2, -0.15) is 5.10 Å². The van der Waals surface area contributed by atoms with E-state index in [1.165, 1.54) is 0 Å². The van der Waals surface area contributed by atoms with E-state index < -0.39 is 0 Å². The number of anilines is 1. The number of rotatable bonds is 5. The second-order valence-electron chi connectivity index (χ2n) is 5.28. The van der Waals surface area contributed by atoms with E-state index in [1.807, 2.05) is 25.1 Å². The Morgan fingerprint density at radius 1 is 1.12 bits per heavy atom. The molecule has 0 saturated heterocycles. The van der Waals surface area contributed by atoms with E-state index in [0.29, 0.717) is 34.5 Å². The maximum atomic E-state index is 12.2. The van der Waals surface area contributed by atoms with Crippen molar-refractivity contribution in [2.24, 2.45) is 0 Å². The minimum atomic E-state index is -0.385. The fourth-order valence-corrected chi connectivity index (χ4v) is 2.49. The molecule has 0 unspecified atom stereocenters. The maximum absolute atomic E-state index is 12.2. The molecule has 1 aromatic heterocycles. The summed E-state index contributed by atoms with van der Waals surface area (Å²) in [4.78, 5) is 23.9. The highest BCUT2D eigenvalue weighted by Crippen LogP contribution is 2.23. The van der Waals surface area contributed by atoms with Crippen LogP contribution in [-0.4, -0.2) is 22.8 Å². The van der Waals surface area contributed by atoms with Crippen molar-refractivity contribution in [1.29, 1.82) is 0 Å². The summed E-state index contributed by atoms with van der Waals surface area (Å²) in [7, 11) is 0. The number of hydrogen-bond donors (Lipinski definition) is 3. The Labute approximate surface area is 144 Å². The highest BCUT2D eigenvalue weighted by molar-refractivity contribution is 5.91. The van der Waals surface area contributed by atoms with E-state index >= 15 is 0 Å². The molecule has 7 nitrogen and oxygen atoms in total. The van der Waals surface area contributed by atoms with Crippen LogP contribution >= 0.6 is 0 Å². The van der Waals surface area contributed by atoms with E-state index in [9.17, 15) is 9.59 Å². The van der Waals surface area contributed by atoms with E-state index in [2.05, 4.69) is 20.8 Å². The molecular weight excluding hydrogens is 320 g/mol. The van der Waals surface area contributed by atoms with Gasteiger partial charge in [-0.3, -0.25) is 4.79 Å². The van der Waals surface area contributed by atoms with Gasteiger partial charge in [0.2, 0.25) is 0 Å². The Hall–Kier alpha value is -3.35. The second-order valence-corrected chi connectivity index (χ2v) is 5.28. The van der Waals surface area contributed by atoms with E-state index in [1.54, 1.807) is 30.3 Å². The predicted molar refractivity (Wildman–Crippen MR) is 95.8 cm³/mol. The van der Waals surface area contributed by atoms with Gasteiger partial charge < -0.3 is 15.4 Å². The summed E-state index contributed by atoms with van der Waals surface area (Å²) in [5.41, 5.74) is 0.916. The van der Waals surface area contributed by atoms with Crippen LogP contribution in [0.1, 0.15) is 12.6 Å². The number of fused-ring (bicyclic) bond motifs is 1. The van der Waals surface area contributed by atoms with Gasteiger partial charge in [-0.05, 0) is 25.1 Å². The number of carbonyl (C=O) groups is 1. The number of aromatic amines is 1. The van der Waals surface area contributed by atoms with Crippen molar-refractivity contribution in [1.82, 2.24) is 15.5 Å². The first-order chi connectivity index (χ1) is 12.2. The molecule has 0 aliphatic heterocycles. The van der Waals surface area contributed by atoms with E-state index in [0.717, 1.165) is 0 Å². The molecule has 0 bridgehead atoms. The van der Waals surface area contributed by atoms with Gasteiger partial charge >= 0.3 is 6.03 Å². The van der Waals surface area contributed by atoms with Crippen LogP contribution in [0.15, 0.2) is 53.3 Å². The fourth-order valence-electron chi connectivity index (χ4n) is 2.49. The zero-order valence-corrected chi connectivity index (χ0v) is 13.7. The topological polar surface area (TPSA) is 96.1 Å². The molecule has 3 N–H and O–H groups in total. The summed E-state index contributed by atoms with van der Waals surface area (Å²) in [6.45, 7) is 2.57. The summed E-state index contributed by atoms with van der Waals surface area (Å²) in [6, 6.07) is 13.9. The molecule has 0 radical (unpaired) electrons. The SMILES string of the molecule is CCOc1ccccc1NC(=O)NCc1n[nH]c(=O)c2ccccc12. The lowest BCUT2D eigenvalue weighted by molar-refractivity contribution is 0.251. The summed E-state index contributed by atoms with van der Waals surface area (Å²) >= 11 is 0. The summed E-state index contributed by atoms with van der Waals surface area (Å²) in [6.07, 6.45) is 0. The molecule has 7 heteroatoms. The summed E-state index contributed by atoms with van der Waals surface area (Å²) < 4.78 is 5.48. The first-order valence-electron chi connectivity index (χ1n) is 7.92. The van der Waals surface area contributed by atoms with Crippen LogP contribution in [0.4, 0.5) is 10.5 Å². The molecule has 0 aliphatic carbocycles. The van der Waals surface area contributed by atoms with Crippen molar-refractivity contribution in [2.45, 2.75) is 13.5 Å². The van der Waals surface area contributed by atoms with Crippen molar-refractivity contribution < 1.29 is 9.53 Å². The van der Waals surface area contributed by atoms with Crippen molar-refractivity contribution in [3.8, 4) is 5.75 Å². The van der Waals surface area contributed by atoms with Gasteiger partial charge in [0.15, 0.2) is 0 Å². The number of carbonyl (C=O) groups excluding carboxylic acids is 1. The molecule has 0 fully saturated rings. The number of amides is 2. The number of benzene rings is 2. The van der Waals surface area contributed by atoms with Crippen LogP contribution in [0.5, 0.6) is 5.75 Å². The molecule has 0 aliphatic rings. The molecule has 0 saturated carbocycles. The monoisotopic (exact) mass is 338 g/mol. The molecule has 0 spiro atoms. The van der Waals surface area contributed by atoms with Gasteiger partial charge in [0.1, 0.15) is 5.75 Å². The standard InChI is InChI=1S/C18H18N4O3/c1-2-25-16-10-6-5-9-14(16)20-18(24)19-11-15-12-7-3-4-8-13(12)17(23)22-21-15/h3-10H,2,11H2,1H3,(H,22,23)(H2,19,20,24). The van der Waals surface area contributed by atoms with Crippen LogP contribution in [0.3, 0.4) is 0 Å². The summed E-state index contributed by atoms with van der Waals surface area (Å²) in [5, 5.41) is 13.2. The number of ether oxygens (including phenoxy) is 1. The van der Waals surface area contributed by atoms with Gasteiger partial charge in [0, 0.05) is 5.39 Å². The van der Waals surface area contributed by atoms with Crippen molar-refractivity contribution in [2.75, 3.05) is 11.9 Å². The Morgan fingerprint density at radius 3 is 2.64 bits per heavy atom. The number of para-hydroxylation sites is 2. The third-order valence-corrected chi connectivity index (χ3v) is 3.63. The van der Waals surface area contributed by atoms with Crippen LogP contribution in [0, 0.1) is 0 Å².